The topological polar surface area (TPSA) is 51.8 Å². The fourth-order valence-corrected chi connectivity index (χ4v) is 1.51. The number of benzene rings is 1. The highest BCUT2D eigenvalue weighted by Crippen LogP contribution is 2.19. The lowest BCUT2D eigenvalue weighted by Gasteiger charge is -2.03. The number of rotatable bonds is 2. The van der Waals surface area contributed by atoms with Gasteiger partial charge in [-0.25, -0.2) is 9.97 Å². The molecule has 2 N–H and O–H groups in total. The van der Waals surface area contributed by atoms with Crippen molar-refractivity contribution in [2.24, 2.45) is 5.73 Å². The van der Waals surface area contributed by atoms with Crippen molar-refractivity contribution in [3.8, 4) is 11.3 Å². The van der Waals surface area contributed by atoms with Gasteiger partial charge in [0.25, 0.3) is 0 Å². The van der Waals surface area contributed by atoms with E-state index in [1.54, 1.807) is 6.07 Å². The third-order valence-corrected chi connectivity index (χ3v) is 2.19. The van der Waals surface area contributed by atoms with Gasteiger partial charge in [0.05, 0.1) is 12.2 Å². The van der Waals surface area contributed by atoms with Crippen molar-refractivity contribution in [3.63, 3.8) is 0 Å². The van der Waals surface area contributed by atoms with Crippen LogP contribution in [0.25, 0.3) is 11.3 Å². The van der Waals surface area contributed by atoms with E-state index in [-0.39, 0.29) is 12.4 Å². The number of halogens is 2. The van der Waals surface area contributed by atoms with Crippen LogP contribution in [0.1, 0.15) is 5.82 Å². The molecule has 0 saturated carbocycles. The second-order valence-electron chi connectivity index (χ2n) is 3.06. The maximum Gasteiger partial charge on any atom is 0.144 e. The molecule has 0 fully saturated rings. The lowest BCUT2D eigenvalue weighted by molar-refractivity contribution is 0.912. The average molecular weight is 256 g/mol. The molecule has 5 heteroatoms. The molecular weight excluding hydrogens is 245 g/mol. The standard InChI is InChI=1S/C11H10ClN3.ClH/c12-10-6-9(14-11(7-13)15-10)8-4-2-1-3-5-8;/h1-6H,7,13H2;1H. The smallest absolute Gasteiger partial charge is 0.144 e. The molecule has 2 aromatic rings. The first-order chi connectivity index (χ1) is 7.29. The Morgan fingerprint density at radius 1 is 1.12 bits per heavy atom. The highest BCUT2D eigenvalue weighted by Gasteiger charge is 2.03. The summed E-state index contributed by atoms with van der Waals surface area (Å²) in [6.07, 6.45) is 0. The van der Waals surface area contributed by atoms with Gasteiger partial charge >= 0.3 is 0 Å². The van der Waals surface area contributed by atoms with Gasteiger partial charge in [-0.2, -0.15) is 0 Å². The van der Waals surface area contributed by atoms with Gasteiger partial charge in [0, 0.05) is 11.6 Å². The zero-order valence-electron chi connectivity index (χ0n) is 8.43. The van der Waals surface area contributed by atoms with Crippen LogP contribution in [0.15, 0.2) is 36.4 Å². The summed E-state index contributed by atoms with van der Waals surface area (Å²) in [5.41, 5.74) is 7.29. The predicted octanol–water partition coefficient (Wildman–Crippen LogP) is 2.68. The Balaban J connectivity index is 0.00000128. The third-order valence-electron chi connectivity index (χ3n) is 1.99. The van der Waals surface area contributed by atoms with E-state index in [0.29, 0.717) is 17.5 Å². The van der Waals surface area contributed by atoms with Crippen molar-refractivity contribution < 1.29 is 0 Å². The molecule has 0 aliphatic heterocycles. The molecule has 0 spiro atoms. The molecule has 1 heterocycles. The Bertz CT molecular complexity index is 460. The minimum atomic E-state index is 0. The van der Waals surface area contributed by atoms with Crippen LogP contribution >= 0.6 is 24.0 Å². The second kappa shape index (κ2) is 5.80. The Hall–Kier alpha value is -1.16. The van der Waals surface area contributed by atoms with Crippen LogP contribution < -0.4 is 5.73 Å². The molecule has 0 radical (unpaired) electrons. The quantitative estimate of drug-likeness (QED) is 0.840. The first-order valence-corrected chi connectivity index (χ1v) is 4.96. The third kappa shape index (κ3) is 2.92. The van der Waals surface area contributed by atoms with Gasteiger partial charge in [-0.3, -0.25) is 0 Å². The van der Waals surface area contributed by atoms with Crippen LogP contribution in [0, 0.1) is 0 Å². The van der Waals surface area contributed by atoms with E-state index < -0.39 is 0 Å². The maximum absolute atomic E-state index is 5.87. The van der Waals surface area contributed by atoms with Gasteiger partial charge in [0.15, 0.2) is 0 Å². The fourth-order valence-electron chi connectivity index (χ4n) is 1.31. The lowest BCUT2D eigenvalue weighted by atomic mass is 10.1. The van der Waals surface area contributed by atoms with Crippen LogP contribution in [0.3, 0.4) is 0 Å². The largest absolute Gasteiger partial charge is 0.324 e. The van der Waals surface area contributed by atoms with Crippen molar-refractivity contribution in [2.75, 3.05) is 0 Å². The summed E-state index contributed by atoms with van der Waals surface area (Å²) in [6.45, 7) is 0.292. The second-order valence-corrected chi connectivity index (χ2v) is 3.45. The molecule has 84 valence electrons. The van der Waals surface area contributed by atoms with E-state index in [0.717, 1.165) is 11.3 Å². The van der Waals surface area contributed by atoms with Crippen molar-refractivity contribution in [1.82, 2.24) is 9.97 Å². The van der Waals surface area contributed by atoms with Crippen LogP contribution in [-0.4, -0.2) is 9.97 Å². The number of aromatic nitrogens is 2. The summed E-state index contributed by atoms with van der Waals surface area (Å²) in [7, 11) is 0. The van der Waals surface area contributed by atoms with E-state index in [2.05, 4.69) is 9.97 Å². The fraction of sp³-hybridized carbons (Fsp3) is 0.0909. The molecule has 0 unspecified atom stereocenters. The van der Waals surface area contributed by atoms with Crippen LogP contribution in [-0.2, 0) is 6.54 Å². The normalized spacial score (nSPS) is 9.62. The zero-order chi connectivity index (χ0) is 10.7. The molecule has 0 bridgehead atoms. The van der Waals surface area contributed by atoms with Crippen molar-refractivity contribution in [1.29, 1.82) is 0 Å². The number of nitrogens with two attached hydrogens (primary N) is 1. The maximum atomic E-state index is 5.87. The van der Waals surface area contributed by atoms with Crippen molar-refractivity contribution >= 4 is 24.0 Å². The van der Waals surface area contributed by atoms with Crippen molar-refractivity contribution in [2.45, 2.75) is 6.54 Å². The minimum Gasteiger partial charge on any atom is -0.324 e. The number of hydrogen-bond acceptors (Lipinski definition) is 3. The SMILES string of the molecule is Cl.NCc1nc(Cl)cc(-c2ccccc2)n1. The Labute approximate surface area is 105 Å². The molecule has 0 aliphatic rings. The Morgan fingerprint density at radius 2 is 1.81 bits per heavy atom. The number of hydrogen-bond donors (Lipinski definition) is 1. The molecule has 0 saturated heterocycles. The molecule has 1 aromatic heterocycles. The zero-order valence-corrected chi connectivity index (χ0v) is 10.0. The van der Waals surface area contributed by atoms with Crippen molar-refractivity contribution in [3.05, 3.63) is 47.4 Å². The lowest BCUT2D eigenvalue weighted by Crippen LogP contribution is -2.03. The summed E-state index contributed by atoms with van der Waals surface area (Å²) in [5.74, 6) is 0.557. The van der Waals surface area contributed by atoms with E-state index in [4.69, 9.17) is 17.3 Å². The van der Waals surface area contributed by atoms with Gasteiger partial charge < -0.3 is 5.73 Å². The van der Waals surface area contributed by atoms with Gasteiger partial charge in [-0.1, -0.05) is 41.9 Å². The highest BCUT2D eigenvalue weighted by molar-refractivity contribution is 6.29. The number of nitrogens with zero attached hydrogens (tertiary/aromatic N) is 2. The average Bonchev–Trinajstić information content (AvgIpc) is 2.29. The van der Waals surface area contributed by atoms with Crippen LogP contribution in [0.5, 0.6) is 0 Å². The van der Waals surface area contributed by atoms with Gasteiger partial charge in [0.2, 0.25) is 0 Å². The van der Waals surface area contributed by atoms with Gasteiger partial charge in [-0.15, -0.1) is 12.4 Å². The Kier molecular flexibility index (Phi) is 4.68. The van der Waals surface area contributed by atoms with Gasteiger partial charge in [-0.05, 0) is 0 Å². The molecule has 1 aromatic carbocycles. The van der Waals surface area contributed by atoms with Crippen LogP contribution in [0.2, 0.25) is 5.15 Å². The first kappa shape index (κ1) is 12.9. The molecule has 0 atom stereocenters. The molecule has 3 nitrogen and oxygen atoms in total. The molecule has 16 heavy (non-hydrogen) atoms. The van der Waals surface area contributed by atoms with E-state index >= 15 is 0 Å². The Morgan fingerprint density at radius 3 is 2.44 bits per heavy atom. The van der Waals surface area contributed by atoms with E-state index in [1.807, 2.05) is 30.3 Å². The highest BCUT2D eigenvalue weighted by atomic mass is 35.5. The monoisotopic (exact) mass is 255 g/mol. The van der Waals surface area contributed by atoms with Gasteiger partial charge in [0.1, 0.15) is 11.0 Å². The summed E-state index contributed by atoms with van der Waals surface area (Å²) >= 11 is 5.87. The summed E-state index contributed by atoms with van der Waals surface area (Å²) < 4.78 is 0. The van der Waals surface area contributed by atoms with E-state index in [1.165, 1.54) is 0 Å². The van der Waals surface area contributed by atoms with E-state index in [9.17, 15) is 0 Å². The molecule has 0 amide bonds. The molecular formula is C11H11Cl2N3. The molecule has 0 aliphatic carbocycles. The minimum absolute atomic E-state index is 0. The molecule has 2 rings (SSSR count). The summed E-state index contributed by atoms with van der Waals surface area (Å²) in [4.78, 5) is 8.31. The first-order valence-electron chi connectivity index (χ1n) is 4.58. The van der Waals surface area contributed by atoms with Crippen LogP contribution in [0.4, 0.5) is 0 Å². The summed E-state index contributed by atoms with van der Waals surface area (Å²) in [6, 6.07) is 11.5. The predicted molar refractivity (Wildman–Crippen MR) is 67.6 cm³/mol. The summed E-state index contributed by atoms with van der Waals surface area (Å²) in [5, 5.41) is 0.421.